The SMILES string of the molecule is O=C(NCCCC[C@@H](NC(=O)OCc1ccccc1)C(=O)N[C@H](Cc1ccccc1)C(=O)OCc1ccccc1)OCc1ccccc1. The first-order chi connectivity index (χ1) is 23.5. The number of rotatable bonds is 17. The fraction of sp³-hybridized carbons (Fsp3) is 0.263. The maximum absolute atomic E-state index is 13.6. The van der Waals surface area contributed by atoms with E-state index in [1.165, 1.54) is 0 Å². The summed E-state index contributed by atoms with van der Waals surface area (Å²) in [6, 6.07) is 35.0. The molecule has 0 radical (unpaired) electrons. The van der Waals surface area contributed by atoms with E-state index < -0.39 is 36.1 Å². The lowest BCUT2D eigenvalue weighted by molar-refractivity contribution is -0.149. The van der Waals surface area contributed by atoms with Gasteiger partial charge in [-0.2, -0.15) is 0 Å². The molecule has 0 heterocycles. The number of alkyl carbamates (subject to hydrolysis) is 2. The standard InChI is InChI=1S/C38H41N3O7/c42-35(40-34(25-29-15-5-1-6-16-29)36(43)46-26-30-17-7-2-8-18-30)33(41-38(45)48-28-32-21-11-4-12-22-32)23-13-14-24-39-37(44)47-27-31-19-9-3-10-20-31/h1-12,15-22,33-34H,13-14,23-28H2,(H,39,44)(H,40,42)(H,41,45)/t33-,34-/m1/s1. The Hall–Kier alpha value is -5.64. The number of esters is 1. The second-order valence-electron chi connectivity index (χ2n) is 11.1. The second-order valence-corrected chi connectivity index (χ2v) is 11.1. The number of nitrogens with one attached hydrogen (secondary N) is 3. The molecule has 48 heavy (non-hydrogen) atoms. The molecule has 3 amide bonds. The van der Waals surface area contributed by atoms with Crippen LogP contribution in [0.2, 0.25) is 0 Å². The highest BCUT2D eigenvalue weighted by molar-refractivity contribution is 5.89. The monoisotopic (exact) mass is 651 g/mol. The fourth-order valence-electron chi connectivity index (χ4n) is 4.76. The molecule has 4 rings (SSSR count). The molecule has 0 aliphatic carbocycles. The quantitative estimate of drug-likeness (QED) is 0.0742. The number of carbonyl (C=O) groups excluding carboxylic acids is 4. The molecule has 3 N–H and O–H groups in total. The van der Waals surface area contributed by atoms with Crippen LogP contribution in [0.1, 0.15) is 41.5 Å². The van der Waals surface area contributed by atoms with Gasteiger partial charge in [-0.15, -0.1) is 0 Å². The lowest BCUT2D eigenvalue weighted by Crippen LogP contribution is -2.52. The Morgan fingerprint density at radius 1 is 0.500 bits per heavy atom. The molecule has 0 bridgehead atoms. The highest BCUT2D eigenvalue weighted by Crippen LogP contribution is 2.10. The summed E-state index contributed by atoms with van der Waals surface area (Å²) in [7, 11) is 0. The molecule has 0 fully saturated rings. The zero-order chi connectivity index (χ0) is 33.8. The third kappa shape index (κ3) is 13.0. The van der Waals surface area contributed by atoms with Crippen molar-refractivity contribution in [1.29, 1.82) is 0 Å². The predicted molar refractivity (Wildman–Crippen MR) is 180 cm³/mol. The number of carbonyl (C=O) groups is 4. The first kappa shape index (κ1) is 35.2. The van der Waals surface area contributed by atoms with E-state index in [1.807, 2.05) is 121 Å². The largest absolute Gasteiger partial charge is 0.459 e. The van der Waals surface area contributed by atoms with E-state index >= 15 is 0 Å². The third-order valence-corrected chi connectivity index (χ3v) is 7.33. The van der Waals surface area contributed by atoms with Crippen molar-refractivity contribution in [3.63, 3.8) is 0 Å². The Labute approximate surface area is 280 Å². The van der Waals surface area contributed by atoms with Crippen molar-refractivity contribution in [2.45, 2.75) is 57.6 Å². The lowest BCUT2D eigenvalue weighted by Gasteiger charge is -2.23. The molecule has 0 saturated heterocycles. The summed E-state index contributed by atoms with van der Waals surface area (Å²) in [5, 5.41) is 8.15. The van der Waals surface area contributed by atoms with Crippen LogP contribution in [0.4, 0.5) is 9.59 Å². The van der Waals surface area contributed by atoms with Crippen LogP contribution in [0.15, 0.2) is 121 Å². The number of amides is 3. The minimum Gasteiger partial charge on any atom is -0.459 e. The van der Waals surface area contributed by atoms with Gasteiger partial charge in [0.15, 0.2) is 0 Å². The average molecular weight is 652 g/mol. The molecular formula is C38H41N3O7. The summed E-state index contributed by atoms with van der Waals surface area (Å²) in [4.78, 5) is 51.8. The van der Waals surface area contributed by atoms with Crippen LogP contribution in [-0.2, 0) is 50.0 Å². The van der Waals surface area contributed by atoms with Gasteiger partial charge in [-0.1, -0.05) is 121 Å². The second kappa shape index (κ2) is 19.8. The summed E-state index contributed by atoms with van der Waals surface area (Å²) in [6.45, 7) is 0.540. The molecule has 0 unspecified atom stereocenters. The molecule has 250 valence electrons. The normalized spacial score (nSPS) is 11.8. The van der Waals surface area contributed by atoms with E-state index in [-0.39, 0.29) is 32.7 Å². The van der Waals surface area contributed by atoms with Gasteiger partial charge in [0.05, 0.1) is 0 Å². The van der Waals surface area contributed by atoms with Crippen molar-refractivity contribution in [1.82, 2.24) is 16.0 Å². The Bertz CT molecular complexity index is 1550. The van der Waals surface area contributed by atoms with Crippen LogP contribution in [0.5, 0.6) is 0 Å². The highest BCUT2D eigenvalue weighted by Gasteiger charge is 2.28. The van der Waals surface area contributed by atoms with Gasteiger partial charge >= 0.3 is 18.2 Å². The minimum atomic E-state index is -1.02. The molecule has 0 aliphatic heterocycles. The van der Waals surface area contributed by atoms with Crippen molar-refractivity contribution in [3.8, 4) is 0 Å². The van der Waals surface area contributed by atoms with Crippen molar-refractivity contribution in [2.24, 2.45) is 0 Å². The first-order valence-electron chi connectivity index (χ1n) is 15.9. The molecule has 10 heteroatoms. The highest BCUT2D eigenvalue weighted by atomic mass is 16.6. The van der Waals surface area contributed by atoms with Crippen LogP contribution < -0.4 is 16.0 Å². The number of hydrogen-bond acceptors (Lipinski definition) is 7. The van der Waals surface area contributed by atoms with E-state index in [0.29, 0.717) is 19.4 Å². The number of hydrogen-bond donors (Lipinski definition) is 3. The van der Waals surface area contributed by atoms with Crippen molar-refractivity contribution < 1.29 is 33.4 Å². The van der Waals surface area contributed by atoms with Gasteiger partial charge in [0, 0.05) is 13.0 Å². The maximum atomic E-state index is 13.6. The first-order valence-corrected chi connectivity index (χ1v) is 15.9. The molecule has 0 aromatic heterocycles. The predicted octanol–water partition coefficient (Wildman–Crippen LogP) is 5.85. The van der Waals surface area contributed by atoms with E-state index in [0.717, 1.165) is 22.3 Å². The summed E-state index contributed by atoms with van der Waals surface area (Å²) < 4.78 is 16.2. The van der Waals surface area contributed by atoms with Crippen LogP contribution in [0.25, 0.3) is 0 Å². The number of benzene rings is 4. The Kier molecular flexibility index (Phi) is 14.5. The summed E-state index contributed by atoms with van der Waals surface area (Å²) in [5.41, 5.74) is 3.31. The van der Waals surface area contributed by atoms with Crippen LogP contribution in [-0.4, -0.2) is 42.7 Å². The number of ether oxygens (including phenoxy) is 3. The van der Waals surface area contributed by atoms with Gasteiger partial charge in [0.25, 0.3) is 0 Å². The van der Waals surface area contributed by atoms with Crippen molar-refractivity contribution >= 4 is 24.1 Å². The van der Waals surface area contributed by atoms with Gasteiger partial charge in [-0.05, 0) is 41.5 Å². The third-order valence-electron chi connectivity index (χ3n) is 7.33. The van der Waals surface area contributed by atoms with Crippen LogP contribution >= 0.6 is 0 Å². The van der Waals surface area contributed by atoms with Gasteiger partial charge in [0.2, 0.25) is 5.91 Å². The molecule has 0 spiro atoms. The van der Waals surface area contributed by atoms with Gasteiger partial charge < -0.3 is 30.2 Å². The van der Waals surface area contributed by atoms with Gasteiger partial charge in [0.1, 0.15) is 31.9 Å². The lowest BCUT2D eigenvalue weighted by atomic mass is 10.0. The fourth-order valence-corrected chi connectivity index (χ4v) is 4.76. The zero-order valence-corrected chi connectivity index (χ0v) is 26.7. The molecule has 10 nitrogen and oxygen atoms in total. The topological polar surface area (TPSA) is 132 Å². The zero-order valence-electron chi connectivity index (χ0n) is 26.7. The van der Waals surface area contributed by atoms with Gasteiger partial charge in [-0.25, -0.2) is 14.4 Å². The molecule has 4 aromatic rings. The molecule has 2 atom stereocenters. The number of unbranched alkanes of at least 4 members (excludes halogenated alkanes) is 1. The smallest absolute Gasteiger partial charge is 0.408 e. The minimum absolute atomic E-state index is 0.0263. The Balaban J connectivity index is 1.35. The van der Waals surface area contributed by atoms with Crippen LogP contribution in [0.3, 0.4) is 0 Å². The molecular weight excluding hydrogens is 610 g/mol. The molecule has 0 saturated carbocycles. The van der Waals surface area contributed by atoms with Gasteiger partial charge in [-0.3, -0.25) is 4.79 Å². The van der Waals surface area contributed by atoms with E-state index in [9.17, 15) is 19.2 Å². The Morgan fingerprint density at radius 2 is 0.958 bits per heavy atom. The van der Waals surface area contributed by atoms with Crippen LogP contribution in [0, 0.1) is 0 Å². The summed E-state index contributed by atoms with van der Waals surface area (Å²) in [5.74, 6) is -1.15. The average Bonchev–Trinajstić information content (AvgIpc) is 3.13. The van der Waals surface area contributed by atoms with E-state index in [1.54, 1.807) is 0 Å². The molecule has 0 aliphatic rings. The molecule has 4 aromatic carbocycles. The summed E-state index contributed by atoms with van der Waals surface area (Å²) >= 11 is 0. The summed E-state index contributed by atoms with van der Waals surface area (Å²) in [6.07, 6.45) is 0.0845. The van der Waals surface area contributed by atoms with Crippen molar-refractivity contribution in [2.75, 3.05) is 6.54 Å². The maximum Gasteiger partial charge on any atom is 0.408 e. The Morgan fingerprint density at radius 3 is 1.48 bits per heavy atom. The van der Waals surface area contributed by atoms with Crippen molar-refractivity contribution in [3.05, 3.63) is 144 Å². The van der Waals surface area contributed by atoms with E-state index in [4.69, 9.17) is 14.2 Å². The van der Waals surface area contributed by atoms with E-state index in [2.05, 4.69) is 16.0 Å².